The van der Waals surface area contributed by atoms with Gasteiger partial charge in [-0.2, -0.15) is 0 Å². The van der Waals surface area contributed by atoms with Crippen molar-refractivity contribution in [2.24, 2.45) is 0 Å². The predicted octanol–water partition coefficient (Wildman–Crippen LogP) is 13.7. The molecule has 0 aliphatic heterocycles. The molecule has 9 aromatic carbocycles. The van der Waals surface area contributed by atoms with Crippen LogP contribution in [-0.4, -0.2) is 14.5 Å². The van der Waals surface area contributed by atoms with Crippen molar-refractivity contribution in [3.8, 4) is 50.7 Å². The van der Waals surface area contributed by atoms with Crippen LogP contribution in [-0.2, 0) is 0 Å². The van der Waals surface area contributed by atoms with Gasteiger partial charge in [0, 0.05) is 28.0 Å². The van der Waals surface area contributed by atoms with Crippen molar-refractivity contribution in [1.29, 1.82) is 0 Å². The number of benzene rings is 9. The van der Waals surface area contributed by atoms with Crippen LogP contribution >= 0.6 is 0 Å². The molecule has 0 spiro atoms. The lowest BCUT2D eigenvalue weighted by molar-refractivity contribution is 1.05. The summed E-state index contributed by atoms with van der Waals surface area (Å²) in [6.45, 7) is 0. The third-order valence-corrected chi connectivity index (χ3v) is 11.0. The monoisotopic (exact) mass is 699 g/mol. The van der Waals surface area contributed by atoms with Gasteiger partial charge in [0.2, 0.25) is 0 Å². The van der Waals surface area contributed by atoms with Crippen LogP contribution in [0.2, 0.25) is 0 Å². The zero-order valence-corrected chi connectivity index (χ0v) is 29.9. The van der Waals surface area contributed by atoms with Crippen molar-refractivity contribution in [3.05, 3.63) is 200 Å². The van der Waals surface area contributed by atoms with Crippen LogP contribution in [0.15, 0.2) is 200 Å². The second-order valence-electron chi connectivity index (χ2n) is 14.2. The maximum Gasteiger partial charge on any atom is 0.162 e. The maximum absolute atomic E-state index is 5.24. The lowest BCUT2D eigenvalue weighted by Gasteiger charge is -2.12. The van der Waals surface area contributed by atoms with Gasteiger partial charge < -0.3 is 0 Å². The lowest BCUT2D eigenvalue weighted by Crippen LogP contribution is -2.02. The van der Waals surface area contributed by atoms with Crippen LogP contribution in [0.1, 0.15) is 0 Å². The minimum Gasteiger partial charge on any atom is -0.294 e. The molecule has 256 valence electrons. The normalized spacial score (nSPS) is 11.6. The molecular weight excluding hydrogens is 667 g/mol. The quantitative estimate of drug-likeness (QED) is 0.179. The minimum atomic E-state index is 0.700. The molecule has 0 aliphatic carbocycles. The first kappa shape index (κ1) is 31.2. The third-order valence-electron chi connectivity index (χ3n) is 11.0. The van der Waals surface area contributed by atoms with Crippen molar-refractivity contribution in [2.75, 3.05) is 0 Å². The van der Waals surface area contributed by atoms with Crippen LogP contribution in [0.5, 0.6) is 0 Å². The smallest absolute Gasteiger partial charge is 0.162 e. The first-order valence-corrected chi connectivity index (χ1v) is 18.7. The van der Waals surface area contributed by atoms with Gasteiger partial charge in [-0.3, -0.25) is 4.57 Å². The number of hydrogen-bond acceptors (Lipinski definition) is 2. The molecule has 0 bridgehead atoms. The van der Waals surface area contributed by atoms with Crippen LogP contribution in [0, 0.1) is 0 Å². The second kappa shape index (κ2) is 12.6. The molecule has 0 N–H and O–H groups in total. The summed E-state index contributed by atoms with van der Waals surface area (Å²) in [6, 6.07) is 71.6. The molecule has 0 fully saturated rings. The van der Waals surface area contributed by atoms with E-state index in [1.54, 1.807) is 0 Å². The summed E-state index contributed by atoms with van der Waals surface area (Å²) in [6.07, 6.45) is 0. The van der Waals surface area contributed by atoms with Gasteiger partial charge in [0.05, 0.1) is 16.7 Å². The van der Waals surface area contributed by atoms with E-state index in [2.05, 4.69) is 180 Å². The van der Waals surface area contributed by atoms with E-state index in [1.807, 2.05) is 24.3 Å². The van der Waals surface area contributed by atoms with Gasteiger partial charge in [-0.25, -0.2) is 9.97 Å². The number of para-hydroxylation sites is 1. The molecule has 11 aromatic rings. The fourth-order valence-corrected chi connectivity index (χ4v) is 8.31. The number of rotatable bonds is 5. The fraction of sp³-hybridized carbons (Fsp3) is 0. The largest absolute Gasteiger partial charge is 0.294 e. The molecule has 2 heterocycles. The van der Waals surface area contributed by atoms with Gasteiger partial charge in [0.25, 0.3) is 0 Å². The minimum absolute atomic E-state index is 0.700. The summed E-state index contributed by atoms with van der Waals surface area (Å²) >= 11 is 0. The Hall–Kier alpha value is -7.36. The van der Waals surface area contributed by atoms with Gasteiger partial charge >= 0.3 is 0 Å². The zero-order chi connectivity index (χ0) is 36.3. The van der Waals surface area contributed by atoms with Gasteiger partial charge in [0.15, 0.2) is 5.82 Å². The summed E-state index contributed by atoms with van der Waals surface area (Å²) in [4.78, 5) is 10.3. The molecule has 0 amide bonds. The van der Waals surface area contributed by atoms with E-state index >= 15 is 0 Å². The molecule has 0 unspecified atom stereocenters. The van der Waals surface area contributed by atoms with E-state index < -0.39 is 0 Å². The van der Waals surface area contributed by atoms with Gasteiger partial charge in [-0.1, -0.05) is 164 Å². The number of hydrogen-bond donors (Lipinski definition) is 0. The molecule has 55 heavy (non-hydrogen) atoms. The maximum atomic E-state index is 5.24. The van der Waals surface area contributed by atoms with E-state index in [0.29, 0.717) is 5.82 Å². The molecule has 3 nitrogen and oxygen atoms in total. The Bertz CT molecular complexity index is 3190. The summed E-state index contributed by atoms with van der Waals surface area (Å²) in [5, 5.41) is 9.83. The Morgan fingerprint density at radius 2 is 0.927 bits per heavy atom. The third kappa shape index (κ3) is 5.28. The summed E-state index contributed by atoms with van der Waals surface area (Å²) in [5.74, 6) is 1.54. The highest BCUT2D eigenvalue weighted by molar-refractivity contribution is 6.22. The van der Waals surface area contributed by atoms with Crippen molar-refractivity contribution >= 4 is 54.1 Å². The Balaban J connectivity index is 1.07. The summed E-state index contributed by atoms with van der Waals surface area (Å²) in [5.41, 5.74) is 10.0. The van der Waals surface area contributed by atoms with Gasteiger partial charge in [-0.05, 0) is 84.9 Å². The van der Waals surface area contributed by atoms with E-state index in [9.17, 15) is 0 Å². The predicted molar refractivity (Wildman–Crippen MR) is 231 cm³/mol. The zero-order valence-electron chi connectivity index (χ0n) is 29.9. The Morgan fingerprint density at radius 3 is 1.75 bits per heavy atom. The highest BCUT2D eigenvalue weighted by atomic mass is 15.1. The first-order chi connectivity index (χ1) is 27.2. The molecule has 0 saturated carbocycles. The summed E-state index contributed by atoms with van der Waals surface area (Å²) in [7, 11) is 0. The average Bonchev–Trinajstić information content (AvgIpc) is 3.61. The Labute approximate surface area is 318 Å². The molecule has 0 radical (unpaired) electrons. The molecule has 0 saturated heterocycles. The molecule has 11 rings (SSSR count). The second-order valence-corrected chi connectivity index (χ2v) is 14.2. The molecule has 2 aromatic heterocycles. The molecular formula is C52H33N3. The van der Waals surface area contributed by atoms with Crippen molar-refractivity contribution in [3.63, 3.8) is 0 Å². The lowest BCUT2D eigenvalue weighted by atomic mass is 9.94. The molecule has 0 atom stereocenters. The number of aromatic nitrogens is 3. The highest BCUT2D eigenvalue weighted by Crippen LogP contribution is 2.40. The Morgan fingerprint density at radius 1 is 0.327 bits per heavy atom. The van der Waals surface area contributed by atoms with Crippen molar-refractivity contribution < 1.29 is 0 Å². The highest BCUT2D eigenvalue weighted by Gasteiger charge is 2.18. The number of fused-ring (bicyclic) bond motifs is 7. The number of nitrogens with zero attached hydrogens (tertiary/aromatic N) is 3. The van der Waals surface area contributed by atoms with Crippen LogP contribution in [0.25, 0.3) is 105 Å². The van der Waals surface area contributed by atoms with Crippen LogP contribution in [0.3, 0.4) is 0 Å². The van der Waals surface area contributed by atoms with E-state index in [1.165, 1.54) is 65.3 Å². The average molecular weight is 700 g/mol. The molecule has 3 heteroatoms. The summed E-state index contributed by atoms with van der Waals surface area (Å²) < 4.78 is 2.31. The first-order valence-electron chi connectivity index (χ1n) is 18.7. The molecule has 0 aliphatic rings. The Kier molecular flexibility index (Phi) is 7.17. The van der Waals surface area contributed by atoms with E-state index in [-0.39, 0.29) is 0 Å². The van der Waals surface area contributed by atoms with Crippen molar-refractivity contribution in [2.45, 2.75) is 0 Å². The van der Waals surface area contributed by atoms with Crippen molar-refractivity contribution in [1.82, 2.24) is 14.5 Å². The van der Waals surface area contributed by atoms with Crippen LogP contribution < -0.4 is 0 Å². The van der Waals surface area contributed by atoms with E-state index in [0.717, 1.165) is 33.7 Å². The van der Waals surface area contributed by atoms with Gasteiger partial charge in [0.1, 0.15) is 5.82 Å². The van der Waals surface area contributed by atoms with Gasteiger partial charge in [-0.15, -0.1) is 0 Å². The standard InChI is InChI=1S/C52H33N3/c1-3-13-36(14-4-1)47-33-50(54-52(53-47)37-15-5-2-6-16-37)55-48-21-10-9-19-45(48)51-46-32-41(23-22-35(46)28-29-49(51)55)39-24-25-40-31-42(27-26-38(40)30-39)44-20-11-17-34-12-7-8-18-43(34)44/h1-33H. The topological polar surface area (TPSA) is 30.7 Å². The fourth-order valence-electron chi connectivity index (χ4n) is 8.31. The SMILES string of the molecule is c1ccc(-c2cc(-n3c4ccccc4c4c5cc(-c6ccc7cc(-c8cccc9ccccc89)ccc7c6)ccc5ccc43)nc(-c3ccccc3)n2)cc1. The van der Waals surface area contributed by atoms with E-state index in [4.69, 9.17) is 9.97 Å². The van der Waals surface area contributed by atoms with Crippen LogP contribution in [0.4, 0.5) is 0 Å².